The second-order valence-corrected chi connectivity index (χ2v) is 12.1. The first kappa shape index (κ1) is 27.3. The number of aryl methyl sites for hydroxylation is 1. The number of carboxylic acids is 1. The van der Waals surface area contributed by atoms with Crippen LogP contribution in [0, 0.1) is 5.41 Å². The van der Waals surface area contributed by atoms with Gasteiger partial charge in [-0.2, -0.15) is 0 Å². The van der Waals surface area contributed by atoms with Gasteiger partial charge in [-0.05, 0) is 95.5 Å². The summed E-state index contributed by atoms with van der Waals surface area (Å²) in [4.78, 5) is 10.9. The minimum absolute atomic E-state index is 0.123. The van der Waals surface area contributed by atoms with E-state index >= 15 is 0 Å². The summed E-state index contributed by atoms with van der Waals surface area (Å²) in [5, 5.41) is 8.97. The summed E-state index contributed by atoms with van der Waals surface area (Å²) in [5.74, 6) is 1.45. The number of carboxylic acid groups (broad SMARTS) is 1. The van der Waals surface area contributed by atoms with E-state index in [9.17, 15) is 4.79 Å². The maximum Gasteiger partial charge on any atom is 0.303 e. The fourth-order valence-electron chi connectivity index (χ4n) is 5.48. The zero-order chi connectivity index (χ0) is 27.2. The highest BCUT2D eigenvalue weighted by Crippen LogP contribution is 2.51. The molecule has 4 nitrogen and oxygen atoms in total. The van der Waals surface area contributed by atoms with E-state index in [-0.39, 0.29) is 11.8 Å². The maximum absolute atomic E-state index is 10.9. The van der Waals surface area contributed by atoms with Crippen LogP contribution in [0.3, 0.4) is 0 Å². The van der Waals surface area contributed by atoms with Crippen molar-refractivity contribution in [2.24, 2.45) is 5.41 Å². The summed E-state index contributed by atoms with van der Waals surface area (Å²) in [6.07, 6.45) is 11.5. The molecule has 3 fully saturated rings. The molecule has 0 amide bonds. The van der Waals surface area contributed by atoms with Gasteiger partial charge in [-0.1, -0.05) is 82.0 Å². The SMILES string of the molecule is C1CC1.CC1(C)CCCC1c1cc(COc2cccc(CCC(=O)O)c2)ccc1-c1cccc(OC2CC2)c1. The standard InChI is InChI=1S/C32H36O4.C3H6/c1-32(2)17-5-10-30(32)29-19-23(21-35-26-8-3-6-22(18-26)12-16-31(33)34)11-15-28(29)24-7-4-9-27(20-24)36-25-13-14-25;1-2-3-1/h3-4,6-9,11,15,18-20,25,30H,5,10,12-14,16-17,21H2,1-2H3,(H,33,34);1-3H2. The van der Waals surface area contributed by atoms with Crippen LogP contribution in [-0.2, 0) is 17.8 Å². The van der Waals surface area contributed by atoms with Crippen LogP contribution in [0.4, 0.5) is 0 Å². The molecule has 4 heteroatoms. The van der Waals surface area contributed by atoms with Crippen LogP contribution in [0.1, 0.15) is 94.2 Å². The van der Waals surface area contributed by atoms with Gasteiger partial charge in [0, 0.05) is 6.42 Å². The minimum atomic E-state index is -0.784. The van der Waals surface area contributed by atoms with Crippen molar-refractivity contribution in [2.45, 2.75) is 96.7 Å². The van der Waals surface area contributed by atoms with Crippen LogP contribution in [0.5, 0.6) is 11.5 Å². The van der Waals surface area contributed by atoms with E-state index in [1.165, 1.54) is 55.2 Å². The highest BCUT2D eigenvalue weighted by atomic mass is 16.5. The van der Waals surface area contributed by atoms with Gasteiger partial charge in [0.15, 0.2) is 0 Å². The molecule has 39 heavy (non-hydrogen) atoms. The Hall–Kier alpha value is -3.27. The Morgan fingerprint density at radius 3 is 2.33 bits per heavy atom. The van der Waals surface area contributed by atoms with Gasteiger partial charge in [0.05, 0.1) is 6.10 Å². The first-order chi connectivity index (χ1) is 18.9. The van der Waals surface area contributed by atoms with Crippen molar-refractivity contribution in [1.82, 2.24) is 0 Å². The molecular weight excluding hydrogens is 484 g/mol. The van der Waals surface area contributed by atoms with Crippen molar-refractivity contribution in [1.29, 1.82) is 0 Å². The molecule has 1 unspecified atom stereocenters. The average molecular weight is 527 g/mol. The van der Waals surface area contributed by atoms with Gasteiger partial charge >= 0.3 is 5.97 Å². The van der Waals surface area contributed by atoms with Gasteiger partial charge in [0.1, 0.15) is 18.1 Å². The predicted octanol–water partition coefficient (Wildman–Crippen LogP) is 8.96. The van der Waals surface area contributed by atoms with E-state index in [0.717, 1.165) is 35.5 Å². The zero-order valence-electron chi connectivity index (χ0n) is 23.5. The van der Waals surface area contributed by atoms with Crippen molar-refractivity contribution in [3.63, 3.8) is 0 Å². The van der Waals surface area contributed by atoms with Crippen LogP contribution in [0.25, 0.3) is 11.1 Å². The first-order valence-corrected chi connectivity index (χ1v) is 14.7. The molecule has 206 valence electrons. The summed E-state index contributed by atoms with van der Waals surface area (Å²) in [6, 6.07) is 23.1. The molecule has 0 radical (unpaired) electrons. The average Bonchev–Trinajstić information content (AvgIpc) is 3.85. The van der Waals surface area contributed by atoms with Crippen molar-refractivity contribution < 1.29 is 19.4 Å². The molecule has 0 heterocycles. The second-order valence-electron chi connectivity index (χ2n) is 12.1. The molecule has 0 aromatic heterocycles. The normalized spacial score (nSPS) is 19.1. The van der Waals surface area contributed by atoms with Crippen molar-refractivity contribution in [2.75, 3.05) is 0 Å². The Kier molecular flexibility index (Phi) is 8.60. The molecule has 3 saturated carbocycles. The van der Waals surface area contributed by atoms with E-state index < -0.39 is 5.97 Å². The van der Waals surface area contributed by atoms with E-state index in [1.54, 1.807) is 0 Å². The second kappa shape index (κ2) is 12.3. The Labute approximate surface area is 233 Å². The molecule has 3 aliphatic carbocycles. The van der Waals surface area contributed by atoms with Gasteiger partial charge in [0.25, 0.3) is 0 Å². The van der Waals surface area contributed by atoms with Crippen LogP contribution >= 0.6 is 0 Å². The van der Waals surface area contributed by atoms with E-state index in [0.29, 0.717) is 25.0 Å². The maximum atomic E-state index is 10.9. The van der Waals surface area contributed by atoms with Crippen LogP contribution in [0.2, 0.25) is 0 Å². The summed E-state index contributed by atoms with van der Waals surface area (Å²) in [7, 11) is 0. The highest BCUT2D eigenvalue weighted by molar-refractivity contribution is 5.70. The largest absolute Gasteiger partial charge is 0.490 e. The van der Waals surface area contributed by atoms with Crippen molar-refractivity contribution in [3.05, 3.63) is 83.4 Å². The van der Waals surface area contributed by atoms with Gasteiger partial charge in [0.2, 0.25) is 0 Å². The quantitative estimate of drug-likeness (QED) is 0.286. The molecule has 0 spiro atoms. The zero-order valence-corrected chi connectivity index (χ0v) is 23.5. The smallest absolute Gasteiger partial charge is 0.303 e. The third-order valence-corrected chi connectivity index (χ3v) is 8.01. The lowest BCUT2D eigenvalue weighted by atomic mass is 9.75. The molecule has 0 bridgehead atoms. The van der Waals surface area contributed by atoms with E-state index in [1.807, 2.05) is 24.3 Å². The van der Waals surface area contributed by atoms with Gasteiger partial charge in [-0.15, -0.1) is 0 Å². The van der Waals surface area contributed by atoms with Crippen molar-refractivity contribution >= 4 is 5.97 Å². The fraction of sp³-hybridized carbons (Fsp3) is 0.457. The predicted molar refractivity (Wildman–Crippen MR) is 156 cm³/mol. The number of rotatable bonds is 10. The number of carbonyl (C=O) groups is 1. The first-order valence-electron chi connectivity index (χ1n) is 14.7. The Balaban J connectivity index is 0.000000962. The Morgan fingerprint density at radius 2 is 1.64 bits per heavy atom. The topological polar surface area (TPSA) is 55.8 Å². The summed E-state index contributed by atoms with van der Waals surface area (Å²) in [6.45, 7) is 5.27. The Morgan fingerprint density at radius 1 is 0.872 bits per heavy atom. The lowest BCUT2D eigenvalue weighted by molar-refractivity contribution is -0.136. The van der Waals surface area contributed by atoms with E-state index in [2.05, 4.69) is 56.3 Å². The molecule has 0 aliphatic heterocycles. The molecule has 3 aliphatic rings. The number of hydrogen-bond donors (Lipinski definition) is 1. The summed E-state index contributed by atoms with van der Waals surface area (Å²) >= 11 is 0. The number of aliphatic carboxylic acids is 1. The number of ether oxygens (including phenoxy) is 2. The van der Waals surface area contributed by atoms with E-state index in [4.69, 9.17) is 14.6 Å². The molecule has 0 saturated heterocycles. The third kappa shape index (κ3) is 7.88. The summed E-state index contributed by atoms with van der Waals surface area (Å²) in [5.41, 5.74) is 6.29. The molecule has 1 atom stereocenters. The molecular formula is C35H42O4. The van der Waals surface area contributed by atoms with Gasteiger partial charge in [-0.3, -0.25) is 4.79 Å². The molecule has 3 aromatic carbocycles. The third-order valence-electron chi connectivity index (χ3n) is 8.01. The molecule has 3 aromatic rings. The monoisotopic (exact) mass is 526 g/mol. The fourth-order valence-corrected chi connectivity index (χ4v) is 5.48. The lowest BCUT2D eigenvalue weighted by Crippen LogP contribution is -2.16. The Bertz CT molecular complexity index is 1270. The van der Waals surface area contributed by atoms with Gasteiger partial charge < -0.3 is 14.6 Å². The van der Waals surface area contributed by atoms with Gasteiger partial charge in [-0.25, -0.2) is 0 Å². The minimum Gasteiger partial charge on any atom is -0.490 e. The molecule has 6 rings (SSSR count). The number of benzene rings is 3. The lowest BCUT2D eigenvalue weighted by Gasteiger charge is -2.30. The molecule has 1 N–H and O–H groups in total. The summed E-state index contributed by atoms with van der Waals surface area (Å²) < 4.78 is 12.2. The van der Waals surface area contributed by atoms with Crippen LogP contribution in [-0.4, -0.2) is 17.2 Å². The van der Waals surface area contributed by atoms with Crippen LogP contribution in [0.15, 0.2) is 66.7 Å². The highest BCUT2D eigenvalue weighted by Gasteiger charge is 2.37. The van der Waals surface area contributed by atoms with Crippen molar-refractivity contribution in [3.8, 4) is 22.6 Å². The number of hydrogen-bond acceptors (Lipinski definition) is 3. The van der Waals surface area contributed by atoms with Crippen LogP contribution < -0.4 is 9.47 Å².